The van der Waals surface area contributed by atoms with Gasteiger partial charge in [0.1, 0.15) is 11.3 Å². The smallest absolute Gasteiger partial charge is 0.328 e. The first-order chi connectivity index (χ1) is 14.4. The van der Waals surface area contributed by atoms with E-state index in [9.17, 15) is 24.6 Å². The van der Waals surface area contributed by atoms with Crippen molar-refractivity contribution in [1.29, 1.82) is 0 Å². The molecule has 0 unspecified atom stereocenters. The Kier molecular flexibility index (Phi) is 6.02. The van der Waals surface area contributed by atoms with Crippen LogP contribution in [-0.2, 0) is 16.0 Å². The summed E-state index contributed by atoms with van der Waals surface area (Å²) in [5, 5.41) is 22.7. The Morgan fingerprint density at radius 2 is 1.74 bits per heavy atom. The number of aliphatic carboxylic acids is 1. The number of carboxylic acid groups (broad SMARTS) is 1. The van der Waals surface area contributed by atoms with E-state index in [0.29, 0.717) is 32.7 Å². The number of aromatic hydroxyl groups is 1. The number of aromatic nitrogens is 1. The molecule has 1 amide bonds. The monoisotopic (exact) mass is 462 g/mol. The second-order valence-corrected chi connectivity index (χ2v) is 8.50. The normalized spacial score (nSPS) is 11.5. The number of phenolic OH excluding ortho intramolecular Hbond substituents is 1. The van der Waals surface area contributed by atoms with Crippen LogP contribution in [0.5, 0.6) is 5.75 Å². The maximum absolute atomic E-state index is 13.3. The molecule has 1 heterocycles. The largest absolute Gasteiger partial charge is 0.508 e. The number of amides is 1. The number of carbonyl (C=O) groups excluding carboxylic acids is 2. The fourth-order valence-electron chi connectivity index (χ4n) is 3.32. The summed E-state index contributed by atoms with van der Waals surface area (Å²) in [6, 6.07) is 9.01. The molecule has 3 N–H and O–H groups in total. The Balaban J connectivity index is 2.09. The summed E-state index contributed by atoms with van der Waals surface area (Å²) in [5.41, 5.74) is 0.316. The van der Waals surface area contributed by atoms with Crippen molar-refractivity contribution >= 4 is 51.9 Å². The molecular weight excluding hydrogens is 443 g/mol. The van der Waals surface area contributed by atoms with Crippen molar-refractivity contribution in [2.45, 2.75) is 32.7 Å². The average Bonchev–Trinajstić information content (AvgIpc) is 2.94. The number of nitrogens with one attached hydrogen (secondary N) is 1. The van der Waals surface area contributed by atoms with E-state index >= 15 is 0 Å². The van der Waals surface area contributed by atoms with Gasteiger partial charge in [-0.15, -0.1) is 0 Å². The van der Waals surface area contributed by atoms with Crippen molar-refractivity contribution < 1.29 is 24.6 Å². The zero-order valence-corrected chi connectivity index (χ0v) is 18.5. The number of carboxylic acids is 1. The minimum atomic E-state index is -1.46. The zero-order valence-electron chi connectivity index (χ0n) is 17.0. The number of nitrogens with zero attached hydrogens (tertiary/aromatic N) is 1. The molecule has 3 rings (SSSR count). The van der Waals surface area contributed by atoms with Crippen LogP contribution in [0.15, 0.2) is 36.4 Å². The summed E-state index contributed by atoms with van der Waals surface area (Å²) in [6.45, 7) is 4.43. The number of phenols is 1. The van der Waals surface area contributed by atoms with Gasteiger partial charge >= 0.3 is 5.97 Å². The van der Waals surface area contributed by atoms with Gasteiger partial charge in [-0.25, -0.2) is 4.79 Å². The van der Waals surface area contributed by atoms with Crippen LogP contribution in [0.3, 0.4) is 0 Å². The molecule has 0 bridgehead atoms. The van der Waals surface area contributed by atoms with Crippen LogP contribution < -0.4 is 5.32 Å². The van der Waals surface area contributed by atoms with Gasteiger partial charge in [0.05, 0.1) is 22.0 Å². The van der Waals surface area contributed by atoms with E-state index in [1.807, 2.05) is 0 Å². The molecule has 2 aromatic carbocycles. The molecule has 0 atom stereocenters. The summed E-state index contributed by atoms with van der Waals surface area (Å²) in [7, 11) is 0. The maximum atomic E-state index is 13.3. The summed E-state index contributed by atoms with van der Waals surface area (Å²) >= 11 is 12.0. The van der Waals surface area contributed by atoms with Crippen LogP contribution in [0.2, 0.25) is 10.0 Å². The summed E-state index contributed by atoms with van der Waals surface area (Å²) in [6.07, 6.45) is -0.176. The fourth-order valence-corrected chi connectivity index (χ4v) is 3.62. The summed E-state index contributed by atoms with van der Waals surface area (Å²) in [4.78, 5) is 37.2. The fraction of sp³-hybridized carbons (Fsp3) is 0.227. The lowest BCUT2D eigenvalue weighted by atomic mass is 10.0. The van der Waals surface area contributed by atoms with Crippen LogP contribution in [-0.4, -0.2) is 38.1 Å². The second-order valence-electron chi connectivity index (χ2n) is 7.69. The standard InChI is InChI=1S/C22H20Cl2N2O5/c1-11-14(10-19(28)25-22(2,3)21(30)31)15-9-13(27)5-7-18(15)26(11)20(29)12-4-6-16(23)17(24)8-12/h4-9,27H,10H2,1-3H3,(H,25,28)(H,30,31). The number of rotatable bonds is 5. The topological polar surface area (TPSA) is 109 Å². The lowest BCUT2D eigenvalue weighted by Gasteiger charge is -2.21. The van der Waals surface area contributed by atoms with E-state index in [2.05, 4.69) is 5.32 Å². The Hall–Kier alpha value is -3.03. The molecule has 0 saturated heterocycles. The van der Waals surface area contributed by atoms with Gasteiger partial charge in [0.2, 0.25) is 5.91 Å². The van der Waals surface area contributed by atoms with Crippen molar-refractivity contribution in [3.8, 4) is 5.75 Å². The van der Waals surface area contributed by atoms with Gasteiger partial charge in [0.25, 0.3) is 5.91 Å². The van der Waals surface area contributed by atoms with Crippen molar-refractivity contribution in [2.75, 3.05) is 0 Å². The van der Waals surface area contributed by atoms with Gasteiger partial charge in [-0.1, -0.05) is 23.2 Å². The number of hydrogen-bond acceptors (Lipinski definition) is 4. The maximum Gasteiger partial charge on any atom is 0.328 e. The van der Waals surface area contributed by atoms with Crippen LogP contribution in [0.4, 0.5) is 0 Å². The average molecular weight is 463 g/mol. The van der Waals surface area contributed by atoms with Crippen molar-refractivity contribution in [3.63, 3.8) is 0 Å². The molecule has 7 nitrogen and oxygen atoms in total. The van der Waals surface area contributed by atoms with Gasteiger partial charge in [-0.2, -0.15) is 0 Å². The van der Waals surface area contributed by atoms with Crippen molar-refractivity contribution in [3.05, 3.63) is 63.3 Å². The zero-order chi connectivity index (χ0) is 23.1. The first kappa shape index (κ1) is 22.7. The van der Waals surface area contributed by atoms with Crippen LogP contribution in [0.25, 0.3) is 10.9 Å². The third-order valence-corrected chi connectivity index (χ3v) is 5.75. The first-order valence-corrected chi connectivity index (χ1v) is 10.0. The molecule has 0 spiro atoms. The van der Waals surface area contributed by atoms with E-state index in [4.69, 9.17) is 23.2 Å². The van der Waals surface area contributed by atoms with Gasteiger partial charge < -0.3 is 15.5 Å². The first-order valence-electron chi connectivity index (χ1n) is 9.29. The molecule has 1 aromatic heterocycles. The molecule has 3 aromatic rings. The van der Waals surface area contributed by atoms with E-state index in [1.165, 1.54) is 42.7 Å². The SMILES string of the molecule is Cc1c(CC(=O)NC(C)(C)C(=O)O)c2cc(O)ccc2n1C(=O)c1ccc(Cl)c(Cl)c1. The lowest BCUT2D eigenvalue weighted by molar-refractivity contribution is -0.145. The predicted octanol–water partition coefficient (Wildman–Crippen LogP) is 4.17. The van der Waals surface area contributed by atoms with Gasteiger partial charge in [-0.3, -0.25) is 14.2 Å². The van der Waals surface area contributed by atoms with Crippen molar-refractivity contribution in [1.82, 2.24) is 9.88 Å². The molecule has 31 heavy (non-hydrogen) atoms. The number of fused-ring (bicyclic) bond motifs is 1. The van der Waals surface area contributed by atoms with E-state index in [0.717, 1.165) is 0 Å². The third-order valence-electron chi connectivity index (χ3n) is 5.01. The molecule has 162 valence electrons. The molecule has 0 radical (unpaired) electrons. The highest BCUT2D eigenvalue weighted by molar-refractivity contribution is 6.42. The third kappa shape index (κ3) is 4.38. The highest BCUT2D eigenvalue weighted by Gasteiger charge is 2.30. The summed E-state index contributed by atoms with van der Waals surface area (Å²) < 4.78 is 1.43. The minimum Gasteiger partial charge on any atom is -0.508 e. The highest BCUT2D eigenvalue weighted by atomic mass is 35.5. The summed E-state index contributed by atoms with van der Waals surface area (Å²) in [5.74, 6) is -2.12. The molecular formula is C22H20Cl2N2O5. The Labute approximate surface area is 188 Å². The lowest BCUT2D eigenvalue weighted by Crippen LogP contribution is -2.50. The van der Waals surface area contributed by atoms with Gasteiger partial charge in [0.15, 0.2) is 0 Å². The Morgan fingerprint density at radius 3 is 2.35 bits per heavy atom. The molecule has 0 fully saturated rings. The number of carbonyl (C=O) groups is 3. The Bertz CT molecular complexity index is 1230. The molecule has 0 aliphatic heterocycles. The quantitative estimate of drug-likeness (QED) is 0.526. The van der Waals surface area contributed by atoms with Crippen molar-refractivity contribution in [2.24, 2.45) is 0 Å². The highest BCUT2D eigenvalue weighted by Crippen LogP contribution is 2.31. The molecule has 0 aliphatic rings. The number of halogens is 2. The van der Waals surface area contributed by atoms with Crippen LogP contribution in [0, 0.1) is 6.92 Å². The molecule has 9 heteroatoms. The molecule has 0 aliphatic carbocycles. The predicted molar refractivity (Wildman–Crippen MR) is 118 cm³/mol. The van der Waals surface area contributed by atoms with E-state index in [1.54, 1.807) is 19.1 Å². The van der Waals surface area contributed by atoms with Crippen LogP contribution in [0.1, 0.15) is 35.5 Å². The van der Waals surface area contributed by atoms with E-state index in [-0.39, 0.29) is 23.1 Å². The van der Waals surface area contributed by atoms with E-state index < -0.39 is 17.4 Å². The second kappa shape index (κ2) is 8.24. The van der Waals surface area contributed by atoms with Gasteiger partial charge in [0, 0.05) is 16.6 Å². The number of hydrogen-bond donors (Lipinski definition) is 3. The molecule has 0 saturated carbocycles. The van der Waals surface area contributed by atoms with Gasteiger partial charge in [-0.05, 0) is 62.7 Å². The number of benzene rings is 2. The van der Waals surface area contributed by atoms with Crippen LogP contribution >= 0.6 is 23.2 Å². The minimum absolute atomic E-state index is 0.0286. The Morgan fingerprint density at radius 1 is 1.06 bits per heavy atom.